The molecule has 44 heavy (non-hydrogen) atoms. The van der Waals surface area contributed by atoms with Crippen LogP contribution in [0.25, 0.3) is 22.3 Å². The Balaban J connectivity index is 1.33. The number of aryl methyl sites for hydroxylation is 1. The average molecular weight is 639 g/mol. The zero-order valence-electron chi connectivity index (χ0n) is 25.2. The third-order valence-electron chi connectivity index (χ3n) is 8.17. The maximum Gasteiger partial charge on any atom is 0.261 e. The van der Waals surface area contributed by atoms with Gasteiger partial charge in [0.15, 0.2) is 0 Å². The van der Waals surface area contributed by atoms with Gasteiger partial charge in [-0.25, -0.2) is 22.7 Å². The fourth-order valence-corrected chi connectivity index (χ4v) is 7.06. The lowest BCUT2D eigenvalue weighted by molar-refractivity contribution is 0.223. The maximum atomic E-state index is 14.1. The molecule has 3 N–H and O–H groups in total. The number of benzene rings is 1. The molecule has 234 valence electrons. The van der Waals surface area contributed by atoms with E-state index in [2.05, 4.69) is 20.9 Å². The first-order chi connectivity index (χ1) is 21.2. The van der Waals surface area contributed by atoms with Crippen LogP contribution in [-0.4, -0.2) is 84.4 Å². The number of fused-ring (bicyclic) bond motifs is 1. The number of sulfonamides is 1. The third kappa shape index (κ3) is 6.79. The standard InChI is InChI=1S/C30H38N8O4S2/c1-19-26(35-28(43-19)20-5-4-11-31-16-20)25-15-21-17-33-30(34-22-6-8-23(9-7-22)42-24-10-12-32-18-24)36-27(21)38(29(25)39)14-13-37(2)44(3,40)41/h6-9,15,17,20,24,31-32H,4-5,10-14,16,18H2,1-3H3,(H,33,34,36). The molecule has 0 spiro atoms. The van der Waals surface area contributed by atoms with Gasteiger partial charge in [-0.15, -0.1) is 11.3 Å². The first-order valence-corrected chi connectivity index (χ1v) is 17.6. The molecule has 2 atom stereocenters. The molecule has 0 saturated carbocycles. The summed E-state index contributed by atoms with van der Waals surface area (Å²) >= 11 is 1.63. The number of hydrogen-bond donors (Lipinski definition) is 3. The largest absolute Gasteiger partial charge is 0.489 e. The number of piperidine rings is 1. The molecule has 0 bridgehead atoms. The minimum absolute atomic E-state index is 0.108. The molecule has 6 rings (SSSR count). The van der Waals surface area contributed by atoms with Crippen molar-refractivity contribution in [2.24, 2.45) is 0 Å². The molecule has 0 amide bonds. The van der Waals surface area contributed by atoms with E-state index in [0.717, 1.165) is 73.0 Å². The SMILES string of the molecule is Cc1sc(C2CCCNC2)nc1-c1cc2cnc(Nc3ccc(OC4CCNC4)cc3)nc2n(CCN(C)S(C)(=O)=O)c1=O. The molecule has 2 aliphatic heterocycles. The number of likely N-dealkylation sites (N-methyl/N-ethyl adjacent to an activating group) is 1. The Morgan fingerprint density at radius 3 is 2.64 bits per heavy atom. The van der Waals surface area contributed by atoms with E-state index < -0.39 is 10.0 Å². The minimum atomic E-state index is -3.43. The van der Waals surface area contributed by atoms with Gasteiger partial charge in [-0.05, 0) is 69.6 Å². The Morgan fingerprint density at radius 2 is 1.93 bits per heavy atom. The number of thiazole rings is 1. The van der Waals surface area contributed by atoms with Gasteiger partial charge in [0.25, 0.3) is 5.56 Å². The van der Waals surface area contributed by atoms with Crippen molar-refractivity contribution in [1.82, 2.24) is 34.5 Å². The molecule has 4 aromatic rings. The zero-order chi connectivity index (χ0) is 30.8. The monoisotopic (exact) mass is 638 g/mol. The summed E-state index contributed by atoms with van der Waals surface area (Å²) in [5, 5.41) is 11.6. The lowest BCUT2D eigenvalue weighted by atomic mass is 10.0. The van der Waals surface area contributed by atoms with Crippen molar-refractivity contribution in [3.8, 4) is 17.0 Å². The third-order valence-corrected chi connectivity index (χ3v) is 10.6. The van der Waals surface area contributed by atoms with Crippen LogP contribution in [0.5, 0.6) is 5.75 Å². The highest BCUT2D eigenvalue weighted by atomic mass is 32.2. The van der Waals surface area contributed by atoms with Crippen molar-refractivity contribution in [3.05, 3.63) is 56.8 Å². The Morgan fingerprint density at radius 1 is 1.14 bits per heavy atom. The number of aromatic nitrogens is 4. The van der Waals surface area contributed by atoms with E-state index in [1.807, 2.05) is 31.2 Å². The lowest BCUT2D eigenvalue weighted by Gasteiger charge is -2.20. The topological polar surface area (TPSA) is 143 Å². The van der Waals surface area contributed by atoms with Gasteiger partial charge in [-0.3, -0.25) is 9.36 Å². The zero-order valence-corrected chi connectivity index (χ0v) is 26.8. The minimum Gasteiger partial charge on any atom is -0.489 e. The van der Waals surface area contributed by atoms with E-state index in [1.165, 1.54) is 15.9 Å². The van der Waals surface area contributed by atoms with Crippen molar-refractivity contribution in [1.29, 1.82) is 0 Å². The van der Waals surface area contributed by atoms with Crippen molar-refractivity contribution in [2.45, 2.75) is 44.8 Å². The highest BCUT2D eigenvalue weighted by Gasteiger charge is 2.24. The first kappa shape index (κ1) is 30.6. The molecule has 2 saturated heterocycles. The van der Waals surface area contributed by atoms with Gasteiger partial charge < -0.3 is 20.7 Å². The number of rotatable bonds is 10. The van der Waals surface area contributed by atoms with Crippen molar-refractivity contribution in [3.63, 3.8) is 0 Å². The van der Waals surface area contributed by atoms with Crippen LogP contribution in [0.4, 0.5) is 11.6 Å². The van der Waals surface area contributed by atoms with Gasteiger partial charge >= 0.3 is 0 Å². The summed E-state index contributed by atoms with van der Waals surface area (Å²) in [5.41, 5.74) is 2.03. The summed E-state index contributed by atoms with van der Waals surface area (Å²) in [6, 6.07) is 9.39. The first-order valence-electron chi connectivity index (χ1n) is 14.9. The molecule has 3 aromatic heterocycles. The van der Waals surface area contributed by atoms with Crippen LogP contribution in [0.3, 0.4) is 0 Å². The van der Waals surface area contributed by atoms with E-state index in [4.69, 9.17) is 14.7 Å². The number of anilines is 2. The summed E-state index contributed by atoms with van der Waals surface area (Å²) in [5.74, 6) is 1.44. The highest BCUT2D eigenvalue weighted by Crippen LogP contribution is 2.33. The Hall–Kier alpha value is -3.43. The second-order valence-electron chi connectivity index (χ2n) is 11.5. The smallest absolute Gasteiger partial charge is 0.261 e. The molecule has 1 aromatic carbocycles. The van der Waals surface area contributed by atoms with E-state index in [0.29, 0.717) is 34.2 Å². The van der Waals surface area contributed by atoms with Crippen molar-refractivity contribution >= 4 is 44.0 Å². The predicted octanol–water partition coefficient (Wildman–Crippen LogP) is 3.07. The molecule has 2 aliphatic rings. The number of ether oxygens (including phenoxy) is 1. The molecule has 12 nitrogen and oxygen atoms in total. The second-order valence-corrected chi connectivity index (χ2v) is 14.8. The molecule has 14 heteroatoms. The van der Waals surface area contributed by atoms with Crippen LogP contribution in [0.2, 0.25) is 0 Å². The van der Waals surface area contributed by atoms with Crippen LogP contribution in [0.1, 0.15) is 35.1 Å². The molecular formula is C30H38N8O4S2. The summed E-state index contributed by atoms with van der Waals surface area (Å²) in [4.78, 5) is 29.3. The number of nitrogens with zero attached hydrogens (tertiary/aromatic N) is 5. The second kappa shape index (κ2) is 12.9. The van der Waals surface area contributed by atoms with Crippen molar-refractivity contribution in [2.75, 3.05) is 51.3 Å². The molecule has 2 fully saturated rings. The Bertz CT molecular complexity index is 1790. The van der Waals surface area contributed by atoms with Crippen LogP contribution in [-0.2, 0) is 16.6 Å². The number of nitrogens with one attached hydrogen (secondary N) is 3. The predicted molar refractivity (Wildman–Crippen MR) is 174 cm³/mol. The molecule has 0 radical (unpaired) electrons. The van der Waals surface area contributed by atoms with Gasteiger partial charge in [0.2, 0.25) is 16.0 Å². The molecular weight excluding hydrogens is 601 g/mol. The van der Waals surface area contributed by atoms with Gasteiger partial charge in [0.1, 0.15) is 17.5 Å². The van der Waals surface area contributed by atoms with Gasteiger partial charge in [-0.2, -0.15) is 4.98 Å². The molecule has 0 aliphatic carbocycles. The number of pyridine rings is 1. The lowest BCUT2D eigenvalue weighted by Crippen LogP contribution is -2.33. The van der Waals surface area contributed by atoms with E-state index >= 15 is 0 Å². The fraction of sp³-hybridized carbons (Fsp3) is 0.467. The maximum absolute atomic E-state index is 14.1. The van der Waals surface area contributed by atoms with Gasteiger partial charge in [0.05, 0.1) is 22.5 Å². The Kier molecular flexibility index (Phi) is 8.96. The van der Waals surface area contributed by atoms with Crippen LogP contribution < -0.4 is 26.2 Å². The normalized spacial score (nSPS) is 19.1. The van der Waals surface area contributed by atoms with Crippen LogP contribution in [0.15, 0.2) is 41.3 Å². The van der Waals surface area contributed by atoms with Crippen LogP contribution >= 0.6 is 11.3 Å². The summed E-state index contributed by atoms with van der Waals surface area (Å²) < 4.78 is 33.1. The molecule has 5 heterocycles. The highest BCUT2D eigenvalue weighted by molar-refractivity contribution is 7.88. The van der Waals surface area contributed by atoms with Crippen LogP contribution in [0, 0.1) is 6.92 Å². The summed E-state index contributed by atoms with van der Waals surface area (Å²) in [6.07, 6.45) is 6.15. The van der Waals surface area contributed by atoms with E-state index in [-0.39, 0.29) is 24.8 Å². The van der Waals surface area contributed by atoms with Gasteiger partial charge in [0, 0.05) is 61.3 Å². The quantitative estimate of drug-likeness (QED) is 0.237. The van der Waals surface area contributed by atoms with Gasteiger partial charge in [-0.1, -0.05) is 0 Å². The van der Waals surface area contributed by atoms with E-state index in [1.54, 1.807) is 23.6 Å². The fourth-order valence-electron chi connectivity index (χ4n) is 5.57. The number of hydrogen-bond acceptors (Lipinski definition) is 11. The molecule has 2 unspecified atom stereocenters. The van der Waals surface area contributed by atoms with E-state index in [9.17, 15) is 13.2 Å². The van der Waals surface area contributed by atoms with Crippen molar-refractivity contribution < 1.29 is 13.2 Å². The average Bonchev–Trinajstić information content (AvgIpc) is 3.67. The summed E-state index contributed by atoms with van der Waals surface area (Å²) in [6.45, 7) is 5.91. The summed E-state index contributed by atoms with van der Waals surface area (Å²) in [7, 11) is -1.93. The Labute approximate surface area is 260 Å².